The molecule has 1 saturated heterocycles. The van der Waals surface area contributed by atoms with Crippen molar-refractivity contribution < 1.29 is 9.15 Å². The molecule has 10 heteroatoms. The van der Waals surface area contributed by atoms with Crippen molar-refractivity contribution in [1.29, 1.82) is 0 Å². The van der Waals surface area contributed by atoms with Crippen molar-refractivity contribution >= 4 is 44.2 Å². The SMILES string of the molecule is O=c1[nH]c(CSc2nc3ccccc3c(=O)n2CC2CCCO2)nc2scc(-c3ccco3)c12. The number of thiophene rings is 1. The Labute approximate surface area is 201 Å². The Hall–Kier alpha value is -3.21. The van der Waals surface area contributed by atoms with E-state index in [0.717, 1.165) is 25.0 Å². The maximum absolute atomic E-state index is 13.3. The molecule has 0 spiro atoms. The van der Waals surface area contributed by atoms with Crippen LogP contribution in [0.15, 0.2) is 67.2 Å². The van der Waals surface area contributed by atoms with Crippen LogP contribution in [-0.2, 0) is 17.0 Å². The van der Waals surface area contributed by atoms with E-state index in [1.54, 1.807) is 23.0 Å². The molecule has 0 bridgehead atoms. The third-order valence-electron chi connectivity index (χ3n) is 5.85. The molecule has 34 heavy (non-hydrogen) atoms. The average Bonchev–Trinajstić information content (AvgIpc) is 3.61. The van der Waals surface area contributed by atoms with Gasteiger partial charge in [-0.25, -0.2) is 9.97 Å². The van der Waals surface area contributed by atoms with E-state index in [1.807, 2.05) is 29.6 Å². The number of benzene rings is 1. The lowest BCUT2D eigenvalue weighted by Crippen LogP contribution is -2.28. The zero-order valence-corrected chi connectivity index (χ0v) is 19.7. The number of nitrogens with zero attached hydrogens (tertiary/aromatic N) is 3. The van der Waals surface area contributed by atoms with E-state index in [0.29, 0.717) is 50.2 Å². The van der Waals surface area contributed by atoms with Crippen molar-refractivity contribution in [3.63, 3.8) is 0 Å². The van der Waals surface area contributed by atoms with Gasteiger partial charge >= 0.3 is 0 Å². The Kier molecular flexibility index (Phi) is 5.56. The van der Waals surface area contributed by atoms with Gasteiger partial charge in [0.1, 0.15) is 16.4 Å². The van der Waals surface area contributed by atoms with E-state index < -0.39 is 0 Å². The highest BCUT2D eigenvalue weighted by atomic mass is 32.2. The normalized spacial score (nSPS) is 16.1. The molecule has 1 unspecified atom stereocenters. The van der Waals surface area contributed by atoms with Crippen LogP contribution in [0.25, 0.3) is 32.4 Å². The average molecular weight is 493 g/mol. The lowest BCUT2D eigenvalue weighted by atomic mass is 10.2. The van der Waals surface area contributed by atoms with E-state index in [-0.39, 0.29) is 17.2 Å². The first-order valence-electron chi connectivity index (χ1n) is 11.0. The summed E-state index contributed by atoms with van der Waals surface area (Å²) in [6.07, 6.45) is 3.50. The number of furan rings is 1. The van der Waals surface area contributed by atoms with Gasteiger partial charge in [-0.2, -0.15) is 0 Å². The molecule has 0 amide bonds. The monoisotopic (exact) mass is 492 g/mol. The van der Waals surface area contributed by atoms with Gasteiger partial charge < -0.3 is 14.1 Å². The van der Waals surface area contributed by atoms with Crippen LogP contribution in [0.2, 0.25) is 0 Å². The molecule has 172 valence electrons. The number of hydrogen-bond acceptors (Lipinski definition) is 8. The van der Waals surface area contributed by atoms with Gasteiger partial charge in [0, 0.05) is 17.6 Å². The van der Waals surface area contributed by atoms with Gasteiger partial charge in [0.2, 0.25) is 0 Å². The number of ether oxygens (including phenoxy) is 1. The summed E-state index contributed by atoms with van der Waals surface area (Å²) in [5.41, 5.74) is 1.09. The highest BCUT2D eigenvalue weighted by Gasteiger charge is 2.21. The Morgan fingerprint density at radius 2 is 2.09 bits per heavy atom. The molecule has 0 radical (unpaired) electrons. The fourth-order valence-electron chi connectivity index (χ4n) is 4.22. The molecule has 6 rings (SSSR count). The number of thioether (sulfide) groups is 1. The number of nitrogens with one attached hydrogen (secondary N) is 1. The van der Waals surface area contributed by atoms with E-state index in [9.17, 15) is 9.59 Å². The van der Waals surface area contributed by atoms with Crippen LogP contribution in [0.1, 0.15) is 18.7 Å². The first-order valence-corrected chi connectivity index (χ1v) is 12.8. The number of H-pyrrole nitrogens is 1. The Balaban J connectivity index is 1.34. The number of aromatic nitrogens is 4. The zero-order chi connectivity index (χ0) is 23.1. The summed E-state index contributed by atoms with van der Waals surface area (Å²) < 4.78 is 12.9. The molecule has 4 aromatic heterocycles. The van der Waals surface area contributed by atoms with E-state index in [4.69, 9.17) is 14.1 Å². The largest absolute Gasteiger partial charge is 0.464 e. The van der Waals surface area contributed by atoms with E-state index >= 15 is 0 Å². The van der Waals surface area contributed by atoms with Gasteiger partial charge in [0.15, 0.2) is 5.16 Å². The van der Waals surface area contributed by atoms with Gasteiger partial charge in [0.25, 0.3) is 11.1 Å². The summed E-state index contributed by atoms with van der Waals surface area (Å²) in [7, 11) is 0. The molecule has 0 saturated carbocycles. The standard InChI is InChI=1S/C24H20N4O4S2/c29-21-20-16(18-8-4-10-32-18)12-33-22(20)27-19(26-21)13-34-24-25-17-7-2-1-6-15(17)23(30)28(24)11-14-5-3-9-31-14/h1-2,4,6-8,10,12,14H,3,5,9,11,13H2,(H,26,27,29). The molecule has 1 aromatic carbocycles. The zero-order valence-electron chi connectivity index (χ0n) is 18.0. The molecule has 1 aliphatic heterocycles. The summed E-state index contributed by atoms with van der Waals surface area (Å²) in [4.78, 5) is 39.1. The highest BCUT2D eigenvalue weighted by molar-refractivity contribution is 7.98. The Bertz CT molecular complexity index is 1600. The predicted molar refractivity (Wildman–Crippen MR) is 132 cm³/mol. The molecule has 1 aliphatic rings. The smallest absolute Gasteiger partial charge is 0.262 e. The molecule has 1 N–H and O–H groups in total. The third-order valence-corrected chi connectivity index (χ3v) is 7.71. The van der Waals surface area contributed by atoms with Gasteiger partial charge in [0.05, 0.1) is 41.0 Å². The second-order valence-corrected chi connectivity index (χ2v) is 9.87. The second kappa shape index (κ2) is 8.86. The van der Waals surface area contributed by atoms with Gasteiger partial charge in [-0.1, -0.05) is 23.9 Å². The number of hydrogen-bond donors (Lipinski definition) is 1. The summed E-state index contributed by atoms with van der Waals surface area (Å²) in [5, 5.41) is 3.58. The third kappa shape index (κ3) is 3.87. The minimum absolute atomic E-state index is 0.000403. The highest BCUT2D eigenvalue weighted by Crippen LogP contribution is 2.31. The number of fused-ring (bicyclic) bond motifs is 2. The van der Waals surface area contributed by atoms with Crippen LogP contribution in [0, 0.1) is 0 Å². The lowest BCUT2D eigenvalue weighted by Gasteiger charge is -2.16. The van der Waals surface area contributed by atoms with Crippen molar-refractivity contribution in [3.05, 3.63) is 74.6 Å². The van der Waals surface area contributed by atoms with Crippen molar-refractivity contribution in [3.8, 4) is 11.3 Å². The molecule has 0 aliphatic carbocycles. The van der Waals surface area contributed by atoms with Gasteiger partial charge in [-0.3, -0.25) is 14.2 Å². The van der Waals surface area contributed by atoms with Crippen molar-refractivity contribution in [2.45, 2.75) is 36.4 Å². The van der Waals surface area contributed by atoms with Crippen molar-refractivity contribution in [2.24, 2.45) is 0 Å². The van der Waals surface area contributed by atoms with Crippen molar-refractivity contribution in [2.75, 3.05) is 6.61 Å². The summed E-state index contributed by atoms with van der Waals surface area (Å²) in [6, 6.07) is 11.0. The summed E-state index contributed by atoms with van der Waals surface area (Å²) in [5.74, 6) is 1.54. The Morgan fingerprint density at radius 3 is 2.91 bits per heavy atom. The number of para-hydroxylation sites is 1. The second-order valence-electron chi connectivity index (χ2n) is 8.07. The molecular formula is C24H20N4O4S2. The van der Waals surface area contributed by atoms with Crippen LogP contribution in [-0.4, -0.2) is 32.2 Å². The van der Waals surface area contributed by atoms with Crippen LogP contribution >= 0.6 is 23.1 Å². The van der Waals surface area contributed by atoms with Crippen LogP contribution in [0.3, 0.4) is 0 Å². The van der Waals surface area contributed by atoms with Crippen molar-refractivity contribution in [1.82, 2.24) is 19.5 Å². The number of rotatable bonds is 6. The molecular weight excluding hydrogens is 472 g/mol. The summed E-state index contributed by atoms with van der Waals surface area (Å²) in [6.45, 7) is 1.17. The van der Waals surface area contributed by atoms with Gasteiger partial charge in [-0.15, -0.1) is 11.3 Å². The lowest BCUT2D eigenvalue weighted by molar-refractivity contribution is 0.0937. The van der Waals surface area contributed by atoms with E-state index in [1.165, 1.54) is 23.1 Å². The fraction of sp³-hybridized carbons (Fsp3) is 0.250. The quantitative estimate of drug-likeness (QED) is 0.276. The Morgan fingerprint density at radius 1 is 1.18 bits per heavy atom. The molecule has 1 atom stereocenters. The minimum atomic E-state index is -0.212. The molecule has 5 aromatic rings. The summed E-state index contributed by atoms with van der Waals surface area (Å²) >= 11 is 2.79. The maximum Gasteiger partial charge on any atom is 0.262 e. The number of aromatic amines is 1. The molecule has 8 nitrogen and oxygen atoms in total. The van der Waals surface area contributed by atoms with Crippen LogP contribution in [0.4, 0.5) is 0 Å². The van der Waals surface area contributed by atoms with E-state index in [2.05, 4.69) is 9.97 Å². The first kappa shape index (κ1) is 21.3. The topological polar surface area (TPSA) is 103 Å². The minimum Gasteiger partial charge on any atom is -0.464 e. The predicted octanol–water partition coefficient (Wildman–Crippen LogP) is 4.43. The molecule has 5 heterocycles. The molecule has 1 fully saturated rings. The van der Waals surface area contributed by atoms with Crippen LogP contribution < -0.4 is 11.1 Å². The van der Waals surface area contributed by atoms with Gasteiger partial charge in [-0.05, 0) is 37.1 Å². The maximum atomic E-state index is 13.3. The fourth-order valence-corrected chi connectivity index (χ4v) is 6.04. The first-order chi connectivity index (χ1) is 16.7. The van der Waals surface area contributed by atoms with Crippen LogP contribution in [0.5, 0.6) is 0 Å².